The first-order chi connectivity index (χ1) is 21.0. The van der Waals surface area contributed by atoms with E-state index >= 15 is 0 Å². The summed E-state index contributed by atoms with van der Waals surface area (Å²) < 4.78 is 11.7. The van der Waals surface area contributed by atoms with Gasteiger partial charge in [0.05, 0.1) is 28.8 Å². The second kappa shape index (κ2) is 13.1. The molecule has 3 aliphatic rings. The lowest BCUT2D eigenvalue weighted by molar-refractivity contribution is 0.0105. The van der Waals surface area contributed by atoms with Gasteiger partial charge in [0, 0.05) is 49.6 Å². The van der Waals surface area contributed by atoms with E-state index in [9.17, 15) is 5.26 Å². The van der Waals surface area contributed by atoms with Crippen LogP contribution in [0.3, 0.4) is 0 Å². The van der Waals surface area contributed by atoms with Gasteiger partial charge in [-0.25, -0.2) is 9.97 Å². The third-order valence-corrected chi connectivity index (χ3v) is 9.14. The highest BCUT2D eigenvalue weighted by Crippen LogP contribution is 2.47. The van der Waals surface area contributed by atoms with Crippen molar-refractivity contribution < 1.29 is 9.47 Å². The van der Waals surface area contributed by atoms with E-state index in [4.69, 9.17) is 26.1 Å². The van der Waals surface area contributed by atoms with E-state index in [0.29, 0.717) is 55.1 Å². The molecule has 13 heteroatoms. The van der Waals surface area contributed by atoms with Crippen molar-refractivity contribution in [1.29, 1.82) is 5.26 Å². The number of anilines is 2. The third kappa shape index (κ3) is 7.24. The van der Waals surface area contributed by atoms with E-state index in [1.54, 1.807) is 6.20 Å². The molecule has 1 atom stereocenters. The topological polar surface area (TPSA) is 159 Å². The van der Waals surface area contributed by atoms with Gasteiger partial charge in [0.15, 0.2) is 0 Å². The number of H-pyrrole nitrogens is 1. The summed E-state index contributed by atoms with van der Waals surface area (Å²) in [5.41, 5.74) is 0.794. The van der Waals surface area contributed by atoms with Crippen LogP contribution in [0.15, 0.2) is 30.5 Å². The lowest BCUT2D eigenvalue weighted by Crippen LogP contribution is -2.43. The first kappa shape index (κ1) is 29.7. The lowest BCUT2D eigenvalue weighted by atomic mass is 9.82. The van der Waals surface area contributed by atoms with Crippen molar-refractivity contribution in [2.75, 3.05) is 37.0 Å². The van der Waals surface area contributed by atoms with Gasteiger partial charge in [-0.05, 0) is 76.5 Å². The molecule has 3 fully saturated rings. The number of hydrogen-bond donors (Lipinski definition) is 4. The van der Waals surface area contributed by atoms with Crippen molar-refractivity contribution in [1.82, 2.24) is 35.9 Å². The molecule has 0 aromatic carbocycles. The Bertz CT molecular complexity index is 1400. The summed E-state index contributed by atoms with van der Waals surface area (Å²) in [5.74, 6) is 2.16. The summed E-state index contributed by atoms with van der Waals surface area (Å²) in [4.78, 5) is 9.36. The van der Waals surface area contributed by atoms with E-state index in [1.807, 2.05) is 24.3 Å². The zero-order valence-corrected chi connectivity index (χ0v) is 25.2. The molecule has 12 nitrogen and oxygen atoms in total. The van der Waals surface area contributed by atoms with Crippen LogP contribution >= 0.6 is 11.6 Å². The van der Waals surface area contributed by atoms with Crippen molar-refractivity contribution in [3.8, 4) is 17.3 Å². The number of aromatic nitrogens is 6. The Hall–Kier alpha value is -3.37. The molecule has 0 spiro atoms. The second-order valence-electron chi connectivity index (χ2n) is 12.1. The number of pyridine rings is 2. The maximum Gasteiger partial charge on any atom is 0.206 e. The van der Waals surface area contributed by atoms with Crippen molar-refractivity contribution in [2.24, 2.45) is 5.41 Å². The first-order valence-electron chi connectivity index (χ1n) is 15.2. The fraction of sp³-hybridized carbons (Fsp3) is 0.600. The van der Waals surface area contributed by atoms with E-state index in [0.717, 1.165) is 68.4 Å². The summed E-state index contributed by atoms with van der Waals surface area (Å²) in [5, 5.41) is 35.5. The van der Waals surface area contributed by atoms with Gasteiger partial charge in [-0.3, -0.25) is 0 Å². The van der Waals surface area contributed by atoms with Gasteiger partial charge in [-0.2, -0.15) is 10.5 Å². The minimum Gasteiger partial charge on any atom is -0.381 e. The van der Waals surface area contributed by atoms with Gasteiger partial charge in [0.1, 0.15) is 17.2 Å². The average molecular weight is 607 g/mol. The zero-order valence-electron chi connectivity index (χ0n) is 24.5. The van der Waals surface area contributed by atoms with E-state index in [2.05, 4.69) is 54.6 Å². The molecule has 2 saturated carbocycles. The molecule has 3 aromatic heterocycles. The van der Waals surface area contributed by atoms with Crippen LogP contribution in [0.5, 0.6) is 0 Å². The van der Waals surface area contributed by atoms with Crippen molar-refractivity contribution in [2.45, 2.75) is 82.0 Å². The van der Waals surface area contributed by atoms with Crippen LogP contribution < -0.4 is 16.0 Å². The predicted molar refractivity (Wildman–Crippen MR) is 162 cm³/mol. The van der Waals surface area contributed by atoms with Gasteiger partial charge in [0.2, 0.25) is 5.82 Å². The average Bonchev–Trinajstić information content (AvgIpc) is 3.62. The number of nitriles is 1. The second-order valence-corrected chi connectivity index (χ2v) is 12.5. The number of nitrogens with zero attached hydrogens (tertiary/aromatic N) is 6. The van der Waals surface area contributed by atoms with Gasteiger partial charge in [-0.15, -0.1) is 10.2 Å². The van der Waals surface area contributed by atoms with E-state index in [1.165, 1.54) is 0 Å². The summed E-state index contributed by atoms with van der Waals surface area (Å²) >= 11 is 6.59. The minimum atomic E-state index is -0.433. The normalized spacial score (nSPS) is 23.2. The van der Waals surface area contributed by atoms with E-state index < -0.39 is 5.41 Å². The Balaban J connectivity index is 0.994. The molecule has 1 aliphatic heterocycles. The van der Waals surface area contributed by atoms with Crippen LogP contribution in [-0.4, -0.2) is 75.1 Å². The summed E-state index contributed by atoms with van der Waals surface area (Å²) in [7, 11) is 0. The molecular formula is C30H39ClN10O2. The van der Waals surface area contributed by atoms with Gasteiger partial charge in [-0.1, -0.05) is 22.9 Å². The monoisotopic (exact) mass is 606 g/mol. The van der Waals surface area contributed by atoms with Crippen molar-refractivity contribution >= 4 is 23.2 Å². The van der Waals surface area contributed by atoms with Crippen LogP contribution in [0.25, 0.3) is 11.3 Å². The van der Waals surface area contributed by atoms with Crippen molar-refractivity contribution in [3.05, 3.63) is 41.3 Å². The molecule has 3 aromatic rings. The number of tetrazole rings is 1. The largest absolute Gasteiger partial charge is 0.381 e. The van der Waals surface area contributed by atoms with Crippen molar-refractivity contribution in [3.63, 3.8) is 0 Å². The molecular weight excluding hydrogens is 568 g/mol. The number of ether oxygens (including phenoxy) is 2. The summed E-state index contributed by atoms with van der Waals surface area (Å²) in [6, 6.07) is 11.3. The number of aromatic amines is 1. The number of hydrogen-bond acceptors (Lipinski definition) is 11. The summed E-state index contributed by atoms with van der Waals surface area (Å²) in [6.45, 7) is 4.54. The number of nitrogens with one attached hydrogen (secondary N) is 4. The van der Waals surface area contributed by atoms with Gasteiger partial charge >= 0.3 is 0 Å². The maximum atomic E-state index is 9.77. The highest BCUT2D eigenvalue weighted by atomic mass is 35.5. The smallest absolute Gasteiger partial charge is 0.206 e. The van der Waals surface area contributed by atoms with E-state index in [-0.39, 0.29) is 11.6 Å². The Morgan fingerprint density at radius 2 is 1.93 bits per heavy atom. The Labute approximate surface area is 256 Å². The molecule has 228 valence electrons. The van der Waals surface area contributed by atoms with Crippen LogP contribution in [0.1, 0.15) is 64.1 Å². The Morgan fingerprint density at radius 3 is 2.65 bits per heavy atom. The van der Waals surface area contributed by atoms with Crippen LogP contribution in [0.2, 0.25) is 5.02 Å². The van der Waals surface area contributed by atoms with Crippen LogP contribution in [-0.2, 0) is 15.1 Å². The first-order valence-corrected chi connectivity index (χ1v) is 15.6. The summed E-state index contributed by atoms with van der Waals surface area (Å²) in [6.07, 6.45) is 9.23. The molecule has 6 rings (SSSR count). The quantitative estimate of drug-likeness (QED) is 0.231. The predicted octanol–water partition coefficient (Wildman–Crippen LogP) is 4.45. The minimum absolute atomic E-state index is 0.235. The number of rotatable bonds is 12. The van der Waals surface area contributed by atoms with Gasteiger partial charge < -0.3 is 25.4 Å². The molecule has 4 heterocycles. The maximum absolute atomic E-state index is 9.77. The lowest BCUT2D eigenvalue weighted by Gasteiger charge is -2.32. The molecule has 4 N–H and O–H groups in total. The SMILES string of the molecule is C[C@@H](COC1(c2nn[nH]n2)CC1)NC1CCC(Nc2cc(-c3cccc(NCC4(C#N)CCOCC4)n3)c(Cl)cn2)CC1. The highest BCUT2D eigenvalue weighted by molar-refractivity contribution is 6.33. The van der Waals surface area contributed by atoms with Crippen LogP contribution in [0.4, 0.5) is 11.6 Å². The van der Waals surface area contributed by atoms with Crippen LogP contribution in [0, 0.1) is 16.7 Å². The molecule has 0 bridgehead atoms. The fourth-order valence-electron chi connectivity index (χ4n) is 6.00. The number of halogens is 1. The molecule has 0 radical (unpaired) electrons. The standard InChI is InChI=1S/C30H39ClN10O2/c1-20(17-43-30(9-10-30)28-38-40-41-39-28)35-21-5-7-22(8-6-21)36-27-15-23(24(31)16-33-27)25-3-2-4-26(37-25)34-19-29(18-32)11-13-42-14-12-29/h2-4,15-16,20-22,35H,5-14,17,19H2,1H3,(H,33,36)(H,34,37)(H,38,39,40,41)/t20-,21?,22?/m0/s1. The molecule has 0 amide bonds. The molecule has 0 unspecified atom stereocenters. The Morgan fingerprint density at radius 1 is 1.14 bits per heavy atom. The zero-order chi connectivity index (χ0) is 29.7. The molecule has 43 heavy (non-hydrogen) atoms. The molecule has 2 aliphatic carbocycles. The third-order valence-electron chi connectivity index (χ3n) is 8.84. The Kier molecular flexibility index (Phi) is 9.04. The molecule has 1 saturated heterocycles. The highest BCUT2D eigenvalue weighted by Gasteiger charge is 2.50. The fourth-order valence-corrected chi connectivity index (χ4v) is 6.20. The van der Waals surface area contributed by atoms with Gasteiger partial charge in [0.25, 0.3) is 0 Å².